The largest absolute Gasteiger partial charge is 0.352 e. The predicted octanol–water partition coefficient (Wildman–Crippen LogP) is 7.10. The van der Waals surface area contributed by atoms with E-state index in [9.17, 15) is 18.0 Å². The molecule has 4 rings (SSSR count). The Morgan fingerprint density at radius 2 is 1.50 bits per heavy atom. The van der Waals surface area contributed by atoms with Gasteiger partial charge in [0, 0.05) is 27.7 Å². The fraction of sp³-hybridized carbons (Fsp3) is 0.355. The molecule has 42 heavy (non-hydrogen) atoms. The molecule has 0 spiro atoms. The second-order valence-corrected chi connectivity index (χ2v) is 13.5. The first-order valence-corrected chi connectivity index (χ1v) is 16.5. The second kappa shape index (κ2) is 14.6. The Balaban J connectivity index is 1.70. The third-order valence-corrected chi connectivity index (χ3v) is 9.91. The van der Waals surface area contributed by atoms with Crippen LogP contribution in [0.1, 0.15) is 51.0 Å². The van der Waals surface area contributed by atoms with E-state index in [1.54, 1.807) is 42.5 Å². The maximum atomic E-state index is 14.2. The minimum Gasteiger partial charge on any atom is -0.352 e. The summed E-state index contributed by atoms with van der Waals surface area (Å²) in [6.07, 6.45) is 5.38. The lowest BCUT2D eigenvalue weighted by atomic mass is 9.95. The zero-order chi connectivity index (χ0) is 30.3. The van der Waals surface area contributed by atoms with Gasteiger partial charge in [-0.05, 0) is 79.4 Å². The summed E-state index contributed by atoms with van der Waals surface area (Å²) in [4.78, 5) is 29.2. The number of hydrogen-bond acceptors (Lipinski definition) is 4. The number of nitrogens with zero attached hydrogens (tertiary/aromatic N) is 2. The molecule has 1 atom stereocenters. The van der Waals surface area contributed by atoms with Crippen LogP contribution in [0.15, 0.2) is 77.7 Å². The van der Waals surface area contributed by atoms with Crippen LogP contribution >= 0.6 is 34.8 Å². The Kier molecular flexibility index (Phi) is 11.2. The Bertz CT molecular complexity index is 1480. The lowest BCUT2D eigenvalue weighted by molar-refractivity contribution is -0.140. The van der Waals surface area contributed by atoms with E-state index in [2.05, 4.69) is 5.32 Å². The molecular formula is C31H34Cl3N3O4S. The first-order valence-electron chi connectivity index (χ1n) is 14.0. The van der Waals surface area contributed by atoms with Crippen LogP contribution in [-0.2, 0) is 26.2 Å². The Hall–Kier alpha value is -2.78. The van der Waals surface area contributed by atoms with E-state index < -0.39 is 28.5 Å². The SMILES string of the molecule is CC[C@@H](C(=O)NC1CCCCC1)N(Cc1ccc(Cl)cc1)C(=O)CN(c1cccc(Cl)c1)S(=O)(=O)c1ccc(Cl)cc1. The standard InChI is InChI=1S/C31H34Cl3N3O4S/c1-2-29(31(39)35-26-8-4-3-5-9-26)36(20-22-11-13-23(32)14-12-22)30(38)21-37(27-10-6-7-25(34)19-27)42(40,41)28-17-15-24(33)16-18-28/h6-7,10-19,26,29H,2-5,8-9,20-21H2,1H3,(H,35,39)/t29-/m0/s1. The van der Waals surface area contributed by atoms with Crippen LogP contribution in [0.25, 0.3) is 0 Å². The van der Waals surface area contributed by atoms with Crippen LogP contribution in [0.5, 0.6) is 0 Å². The van der Waals surface area contributed by atoms with Crippen molar-refractivity contribution in [3.8, 4) is 0 Å². The molecule has 0 aliphatic heterocycles. The molecule has 1 aliphatic rings. The molecule has 7 nitrogen and oxygen atoms in total. The molecule has 1 saturated carbocycles. The van der Waals surface area contributed by atoms with E-state index in [4.69, 9.17) is 34.8 Å². The van der Waals surface area contributed by atoms with E-state index >= 15 is 0 Å². The number of benzene rings is 3. The number of halogens is 3. The monoisotopic (exact) mass is 649 g/mol. The molecule has 224 valence electrons. The fourth-order valence-electron chi connectivity index (χ4n) is 5.14. The quantitative estimate of drug-likeness (QED) is 0.240. The molecule has 2 amide bonds. The van der Waals surface area contributed by atoms with Crippen LogP contribution in [-0.4, -0.2) is 43.8 Å². The Morgan fingerprint density at radius 1 is 0.881 bits per heavy atom. The van der Waals surface area contributed by atoms with Crippen molar-refractivity contribution >= 4 is 62.3 Å². The predicted molar refractivity (Wildman–Crippen MR) is 169 cm³/mol. The van der Waals surface area contributed by atoms with Crippen LogP contribution in [0.2, 0.25) is 15.1 Å². The molecule has 1 N–H and O–H groups in total. The number of rotatable bonds is 11. The summed E-state index contributed by atoms with van der Waals surface area (Å²) >= 11 is 18.3. The molecular weight excluding hydrogens is 617 g/mol. The molecule has 0 radical (unpaired) electrons. The third-order valence-electron chi connectivity index (χ3n) is 7.38. The van der Waals surface area contributed by atoms with Gasteiger partial charge < -0.3 is 10.2 Å². The van der Waals surface area contributed by atoms with E-state index in [-0.39, 0.29) is 29.1 Å². The van der Waals surface area contributed by atoms with Crippen molar-refractivity contribution in [2.24, 2.45) is 0 Å². The molecule has 0 saturated heterocycles. The maximum absolute atomic E-state index is 14.2. The van der Waals surface area contributed by atoms with Gasteiger partial charge >= 0.3 is 0 Å². The first-order chi connectivity index (χ1) is 20.1. The summed E-state index contributed by atoms with van der Waals surface area (Å²) < 4.78 is 28.9. The maximum Gasteiger partial charge on any atom is 0.264 e. The van der Waals surface area contributed by atoms with Gasteiger partial charge in [0.15, 0.2) is 0 Å². The zero-order valence-electron chi connectivity index (χ0n) is 23.3. The van der Waals surface area contributed by atoms with Crippen LogP contribution in [0.3, 0.4) is 0 Å². The molecule has 0 bridgehead atoms. The van der Waals surface area contributed by atoms with Gasteiger partial charge in [0.1, 0.15) is 12.6 Å². The van der Waals surface area contributed by atoms with Crippen molar-refractivity contribution in [3.63, 3.8) is 0 Å². The average molecular weight is 651 g/mol. The van der Waals surface area contributed by atoms with Crippen molar-refractivity contribution in [1.82, 2.24) is 10.2 Å². The number of amides is 2. The topological polar surface area (TPSA) is 86.8 Å². The third kappa shape index (κ3) is 8.19. The number of sulfonamides is 1. The highest BCUT2D eigenvalue weighted by Gasteiger charge is 2.34. The fourth-order valence-corrected chi connectivity index (χ4v) is 6.99. The van der Waals surface area contributed by atoms with E-state index in [1.165, 1.54) is 35.2 Å². The van der Waals surface area contributed by atoms with Crippen LogP contribution in [0, 0.1) is 0 Å². The average Bonchev–Trinajstić information content (AvgIpc) is 2.97. The molecule has 1 aliphatic carbocycles. The van der Waals surface area contributed by atoms with E-state index in [1.807, 2.05) is 6.92 Å². The molecule has 0 unspecified atom stereocenters. The lowest BCUT2D eigenvalue weighted by Gasteiger charge is -2.34. The summed E-state index contributed by atoms with van der Waals surface area (Å²) in [7, 11) is -4.22. The molecule has 3 aromatic carbocycles. The van der Waals surface area contributed by atoms with Gasteiger partial charge in [-0.1, -0.05) is 79.2 Å². The highest BCUT2D eigenvalue weighted by molar-refractivity contribution is 7.92. The smallest absolute Gasteiger partial charge is 0.264 e. The highest BCUT2D eigenvalue weighted by Crippen LogP contribution is 2.28. The van der Waals surface area contributed by atoms with Gasteiger partial charge in [0.25, 0.3) is 10.0 Å². The molecule has 0 heterocycles. The normalized spacial score (nSPS) is 14.7. The van der Waals surface area contributed by atoms with Crippen molar-refractivity contribution in [2.75, 3.05) is 10.8 Å². The summed E-state index contributed by atoms with van der Waals surface area (Å²) in [5.74, 6) is -0.783. The van der Waals surface area contributed by atoms with Crippen molar-refractivity contribution in [3.05, 3.63) is 93.4 Å². The Morgan fingerprint density at radius 3 is 2.10 bits per heavy atom. The summed E-state index contributed by atoms with van der Waals surface area (Å²) in [5, 5.41) is 4.37. The minimum absolute atomic E-state index is 0.0361. The van der Waals surface area contributed by atoms with E-state index in [0.717, 1.165) is 42.0 Å². The summed E-state index contributed by atoms with van der Waals surface area (Å²) in [6.45, 7) is 1.38. The van der Waals surface area contributed by atoms with Gasteiger partial charge in [-0.25, -0.2) is 8.42 Å². The van der Waals surface area contributed by atoms with Crippen LogP contribution in [0.4, 0.5) is 5.69 Å². The number of carbonyl (C=O) groups is 2. The molecule has 0 aromatic heterocycles. The van der Waals surface area contributed by atoms with Crippen molar-refractivity contribution in [2.45, 2.75) is 69.0 Å². The van der Waals surface area contributed by atoms with Crippen molar-refractivity contribution < 1.29 is 18.0 Å². The number of hydrogen-bond donors (Lipinski definition) is 1. The summed E-state index contributed by atoms with van der Waals surface area (Å²) in [6, 6.07) is 18.3. The van der Waals surface area contributed by atoms with Crippen LogP contribution < -0.4 is 9.62 Å². The second-order valence-electron chi connectivity index (χ2n) is 10.4. The molecule has 3 aromatic rings. The van der Waals surface area contributed by atoms with Gasteiger partial charge in [-0.15, -0.1) is 0 Å². The van der Waals surface area contributed by atoms with Gasteiger partial charge in [-0.3, -0.25) is 13.9 Å². The number of nitrogens with one attached hydrogen (secondary N) is 1. The first kappa shape index (κ1) is 32.1. The lowest BCUT2D eigenvalue weighted by Crippen LogP contribution is -2.54. The van der Waals surface area contributed by atoms with Gasteiger partial charge in [-0.2, -0.15) is 0 Å². The minimum atomic E-state index is -4.22. The number of carbonyl (C=O) groups excluding carboxylic acids is 2. The van der Waals surface area contributed by atoms with Gasteiger partial charge in [0.2, 0.25) is 11.8 Å². The molecule has 1 fully saturated rings. The van der Waals surface area contributed by atoms with Gasteiger partial charge in [0.05, 0.1) is 10.6 Å². The molecule has 11 heteroatoms. The van der Waals surface area contributed by atoms with Crippen molar-refractivity contribution in [1.29, 1.82) is 0 Å². The zero-order valence-corrected chi connectivity index (χ0v) is 26.4. The number of anilines is 1. The summed E-state index contributed by atoms with van der Waals surface area (Å²) in [5.41, 5.74) is 0.975. The highest BCUT2D eigenvalue weighted by atomic mass is 35.5. The van der Waals surface area contributed by atoms with E-state index in [0.29, 0.717) is 21.5 Å². The Labute approximate surface area is 262 Å².